The van der Waals surface area contributed by atoms with Gasteiger partial charge >= 0.3 is 13.1 Å². The predicted octanol–water partition coefficient (Wildman–Crippen LogP) is -3.06. The smallest absolute Gasteiger partial charge is 0.475 e. The zero-order valence-electron chi connectivity index (χ0n) is 45.2. The fourth-order valence-corrected chi connectivity index (χ4v) is 8.06. The van der Waals surface area contributed by atoms with Gasteiger partial charge in [-0.05, 0) is 57.9 Å². The number of aliphatic imine (C=N–C) groups is 1. The summed E-state index contributed by atoms with van der Waals surface area (Å²) in [5.74, 6) is -1.20. The molecule has 0 aromatic heterocycles. The molecule has 3 atom stereocenters. The minimum Gasteiger partial charge on any atom is -0.483 e. The van der Waals surface area contributed by atoms with E-state index in [9.17, 15) is 38.7 Å². The van der Waals surface area contributed by atoms with Gasteiger partial charge in [0, 0.05) is 106 Å². The van der Waals surface area contributed by atoms with E-state index >= 15 is 0 Å². The van der Waals surface area contributed by atoms with E-state index in [2.05, 4.69) is 39.7 Å². The Labute approximate surface area is 439 Å². The number of nitrogens with zero attached hydrogens (tertiary/aromatic N) is 8. The second-order valence-corrected chi connectivity index (χ2v) is 18.5. The largest absolute Gasteiger partial charge is 0.483 e. The molecule has 428 valence electrons. The molecule has 74 heavy (non-hydrogen) atoms. The molecule has 6 amide bonds. The number of hydrogen-bond donors (Lipinski definition) is 10. The van der Waals surface area contributed by atoms with Crippen molar-refractivity contribution in [3.8, 4) is 0 Å². The molecule has 2 saturated heterocycles. The van der Waals surface area contributed by atoms with Crippen LogP contribution in [0.4, 0.5) is 0 Å². The maximum Gasteiger partial charge on any atom is 0.475 e. The van der Waals surface area contributed by atoms with E-state index in [1.54, 1.807) is 16.8 Å². The lowest BCUT2D eigenvalue weighted by Crippen LogP contribution is -2.52. The number of nitrogens with two attached hydrogens (primary N) is 2. The van der Waals surface area contributed by atoms with E-state index in [0.29, 0.717) is 97.1 Å². The molecule has 3 aliphatic rings. The predicted molar refractivity (Wildman–Crippen MR) is 283 cm³/mol. The van der Waals surface area contributed by atoms with Crippen LogP contribution in [0.3, 0.4) is 0 Å². The Balaban J connectivity index is 0. The minimum absolute atomic E-state index is 0.0846. The van der Waals surface area contributed by atoms with Gasteiger partial charge in [0.15, 0.2) is 5.96 Å². The van der Waals surface area contributed by atoms with Crippen molar-refractivity contribution >= 4 is 62.5 Å². The highest BCUT2D eigenvalue weighted by Gasteiger charge is 2.37. The van der Waals surface area contributed by atoms with Crippen LogP contribution in [0.25, 0.3) is 0 Å². The maximum absolute atomic E-state index is 13.4. The Hall–Kier alpha value is -5.19. The molecule has 2 heterocycles. The van der Waals surface area contributed by atoms with Crippen LogP contribution in [0.5, 0.6) is 0 Å². The highest BCUT2D eigenvalue weighted by molar-refractivity contribution is 6.43. The van der Waals surface area contributed by atoms with Gasteiger partial charge in [-0.15, -0.1) is 0 Å². The van der Waals surface area contributed by atoms with Crippen molar-refractivity contribution in [3.63, 3.8) is 0 Å². The number of rotatable bonds is 24. The zero-order chi connectivity index (χ0) is 56.3. The summed E-state index contributed by atoms with van der Waals surface area (Å²) in [4.78, 5) is 105. The van der Waals surface area contributed by atoms with Gasteiger partial charge in [-0.3, -0.25) is 58.0 Å². The quantitative estimate of drug-likeness (QED) is 0.0151. The summed E-state index contributed by atoms with van der Waals surface area (Å²) >= 11 is 0. The number of unbranched alkanes of at least 4 members (excludes halogenated alkanes) is 2. The number of likely N-dealkylation sites (N-methyl/N-ethyl adjacent to an activating group) is 2. The van der Waals surface area contributed by atoms with Crippen LogP contribution in [0, 0.1) is 5.92 Å². The monoisotopic (exact) mass is 1060 g/mol. The molecule has 0 aromatic carbocycles. The zero-order valence-corrected chi connectivity index (χ0v) is 45.2. The number of likely N-dealkylation sites (tertiary alicyclic amines) is 1. The molecule has 3 fully saturated rings. The van der Waals surface area contributed by atoms with Crippen LogP contribution in [-0.4, -0.2) is 273 Å². The lowest BCUT2D eigenvalue weighted by molar-refractivity contribution is -0.138. The molecule has 0 spiro atoms. The first kappa shape index (κ1) is 70.9. The number of guanidine groups is 1. The Morgan fingerprint density at radius 2 is 1.32 bits per heavy atom. The molecule has 12 N–H and O–H groups in total. The van der Waals surface area contributed by atoms with E-state index in [-0.39, 0.29) is 50.9 Å². The molecular weight excluding hydrogens is 965 g/mol. The summed E-state index contributed by atoms with van der Waals surface area (Å²) in [6.45, 7) is 14.0. The van der Waals surface area contributed by atoms with Crippen molar-refractivity contribution in [2.24, 2.45) is 22.4 Å². The molecule has 3 rings (SSSR count). The number of nitrogens with one attached hydrogen (secondary N) is 3. The molecule has 0 radical (unpaired) electrons. The molecule has 26 nitrogen and oxygen atoms in total. The fraction of sp³-hybridized carbons (Fsp3) is 0.809. The number of aliphatic carboxylic acids is 1. The lowest BCUT2D eigenvalue weighted by atomic mass is 9.78. The standard InChI is InChI=1S/C30H60N10O5.C8H15NO.C5H10BNO4.C3H7NO.CH2O2/c1-6-8-9-13-36(5)29(45)25(11-10-12-33-30(32)35(3)4)34-27(42)23-39-17-15-37(7-2)14-16-38(22-26(31)41)18-20-40(21-19-39)24-28(43)44;10-7-9-6-8-4-2-1-3-5-8;8-3-7-2-4(9)1-5(7)6(10)11;1-2-4-3-5;2-1-3/h25H,6-24H2,1-5H3,(H2,31,41)(H2,32,33)(H,34,42)(H,43,44);7-8H,1-6H2,(H,9,10);3-5,9-11H,1-2H2;3H,2H2,1H3,(H,4,5);1H,(H,2,3). The number of aliphatic hydroxyl groups is 1. The van der Waals surface area contributed by atoms with E-state index in [4.69, 9.17) is 36.5 Å². The summed E-state index contributed by atoms with van der Waals surface area (Å²) in [6, 6.07) is -0.681. The Kier molecular flexibility index (Phi) is 43.3. The van der Waals surface area contributed by atoms with Gasteiger partial charge in [-0.1, -0.05) is 46.0 Å². The van der Waals surface area contributed by atoms with Crippen LogP contribution >= 0.6 is 0 Å². The highest BCUT2D eigenvalue weighted by atomic mass is 16.4. The number of carboxylic acids is 1. The molecule has 1 aliphatic carbocycles. The van der Waals surface area contributed by atoms with Crippen LogP contribution in [0.1, 0.15) is 91.4 Å². The van der Waals surface area contributed by atoms with Gasteiger partial charge in [0.1, 0.15) is 6.04 Å². The minimum atomic E-state index is -1.56. The molecule has 3 unspecified atom stereocenters. The number of carbonyl (C=O) groups is 8. The summed E-state index contributed by atoms with van der Waals surface area (Å²) < 4.78 is 0. The molecule has 0 bridgehead atoms. The van der Waals surface area contributed by atoms with Gasteiger partial charge in [0.05, 0.1) is 31.7 Å². The lowest BCUT2D eigenvalue weighted by Gasteiger charge is -2.33. The van der Waals surface area contributed by atoms with E-state index in [1.165, 1.54) is 37.0 Å². The topological polar surface area (TPSA) is 361 Å². The molecule has 1 saturated carbocycles. The third-order valence-electron chi connectivity index (χ3n) is 12.3. The van der Waals surface area contributed by atoms with Crippen molar-refractivity contribution in [1.82, 2.24) is 50.2 Å². The third-order valence-corrected chi connectivity index (χ3v) is 12.3. The first-order valence-corrected chi connectivity index (χ1v) is 25.9. The fourth-order valence-electron chi connectivity index (χ4n) is 8.06. The highest BCUT2D eigenvalue weighted by Crippen LogP contribution is 2.22. The second-order valence-electron chi connectivity index (χ2n) is 18.5. The number of primary amides is 1. The number of carbonyl (C=O) groups excluding carboxylic acids is 6. The van der Waals surface area contributed by atoms with Gasteiger partial charge in [-0.25, -0.2) is 0 Å². The Bertz CT molecular complexity index is 1570. The normalized spacial score (nSPS) is 18.6. The Morgan fingerprint density at radius 3 is 1.76 bits per heavy atom. The number of aliphatic hydroxyl groups excluding tert-OH is 1. The van der Waals surface area contributed by atoms with Crippen LogP contribution < -0.4 is 27.4 Å². The second kappa shape index (κ2) is 45.2. The number of β-amino-alcohol motifs (C(OH)–C–C–N with tert-alkyl or cyclic N) is 1. The third kappa shape index (κ3) is 36.7. The van der Waals surface area contributed by atoms with E-state index in [1.807, 2.05) is 35.7 Å². The van der Waals surface area contributed by atoms with Crippen molar-refractivity contribution in [2.75, 3.05) is 132 Å². The van der Waals surface area contributed by atoms with Crippen LogP contribution in [-0.2, 0) is 38.4 Å². The maximum atomic E-state index is 13.4. The summed E-state index contributed by atoms with van der Waals surface area (Å²) in [5.41, 5.74) is 11.4. The SMILES string of the molecule is CCCCCN(C)C(=O)C(CCCN=C(N)N(C)C)NC(=O)CN1CCN(CC)CCN(CC(N)=O)CCN(CC(=O)O)CC1.CCNC=O.O=CN1CC(O)CC1B(O)O.O=CNCC1CCCCC1.O=CO. The van der Waals surface area contributed by atoms with Gasteiger partial charge < -0.3 is 72.4 Å². The number of hydrogen-bond acceptors (Lipinski definition) is 16. The average Bonchev–Trinajstić information content (AvgIpc) is 3.76. The molecular formula is C47H94BN13O13. The van der Waals surface area contributed by atoms with Gasteiger partial charge in [0.25, 0.3) is 6.47 Å². The van der Waals surface area contributed by atoms with Crippen molar-refractivity contribution in [2.45, 2.75) is 109 Å². The van der Waals surface area contributed by atoms with E-state index < -0.39 is 37.1 Å². The van der Waals surface area contributed by atoms with Crippen molar-refractivity contribution in [1.29, 1.82) is 0 Å². The Morgan fingerprint density at radius 1 is 0.784 bits per heavy atom. The van der Waals surface area contributed by atoms with Crippen LogP contribution in [0.2, 0.25) is 0 Å². The first-order valence-electron chi connectivity index (χ1n) is 25.9. The number of amides is 6. The van der Waals surface area contributed by atoms with Gasteiger partial charge in [0.2, 0.25) is 37.0 Å². The summed E-state index contributed by atoms with van der Waals surface area (Å²) in [5, 5.41) is 51.0. The van der Waals surface area contributed by atoms with E-state index in [0.717, 1.165) is 51.2 Å². The molecule has 0 aromatic rings. The van der Waals surface area contributed by atoms with Crippen molar-refractivity contribution < 1.29 is 63.7 Å². The summed E-state index contributed by atoms with van der Waals surface area (Å²) in [7, 11) is 3.84. The first-order chi connectivity index (χ1) is 35.3. The van der Waals surface area contributed by atoms with Crippen molar-refractivity contribution in [3.05, 3.63) is 0 Å². The van der Waals surface area contributed by atoms with Crippen LogP contribution in [0.15, 0.2) is 4.99 Å². The van der Waals surface area contributed by atoms with Gasteiger partial charge in [-0.2, -0.15) is 0 Å². The molecule has 27 heteroatoms. The number of carboxylic acid groups (broad SMARTS) is 2. The average molecular weight is 1060 g/mol. The summed E-state index contributed by atoms with van der Waals surface area (Å²) in [6.07, 6.45) is 12.3. The molecule has 2 aliphatic heterocycles.